The molecule has 0 radical (unpaired) electrons. The molecule has 0 aliphatic carbocycles. The van der Waals surface area contributed by atoms with Crippen LogP contribution in [0.3, 0.4) is 0 Å². The molecule has 0 unspecified atom stereocenters. The van der Waals surface area contributed by atoms with E-state index in [1.807, 2.05) is 74.5 Å². The summed E-state index contributed by atoms with van der Waals surface area (Å²) in [5.74, 6) is 1.48. The summed E-state index contributed by atoms with van der Waals surface area (Å²) in [6.45, 7) is 4.12. The van der Waals surface area contributed by atoms with Crippen LogP contribution in [0.2, 0.25) is 0 Å². The Kier molecular flexibility index (Phi) is 8.27. The highest BCUT2D eigenvalue weighted by atomic mass is 79.9. The van der Waals surface area contributed by atoms with Crippen LogP contribution in [0, 0.1) is 13.8 Å². The monoisotopic (exact) mass is 496 g/mol. The van der Waals surface area contributed by atoms with E-state index in [0.29, 0.717) is 29.4 Å². The van der Waals surface area contributed by atoms with Gasteiger partial charge in [0, 0.05) is 10.0 Å². The van der Waals surface area contributed by atoms with E-state index in [1.165, 1.54) is 6.21 Å². The predicted molar refractivity (Wildman–Crippen MR) is 129 cm³/mol. The van der Waals surface area contributed by atoms with Gasteiger partial charge in [-0.1, -0.05) is 52.3 Å². The molecule has 3 aromatic rings. The number of ether oxygens (including phenoxy) is 3. The third-order valence-electron chi connectivity index (χ3n) is 4.67. The molecule has 0 aromatic heterocycles. The van der Waals surface area contributed by atoms with Crippen molar-refractivity contribution in [3.05, 3.63) is 87.4 Å². The smallest absolute Gasteiger partial charge is 0.277 e. The van der Waals surface area contributed by atoms with Gasteiger partial charge in [0.15, 0.2) is 18.1 Å². The average Bonchev–Trinajstić information content (AvgIpc) is 2.78. The lowest BCUT2D eigenvalue weighted by molar-refractivity contribution is -0.123. The minimum absolute atomic E-state index is 0.131. The fourth-order valence-corrected chi connectivity index (χ4v) is 3.32. The number of nitrogens with zero attached hydrogens (tertiary/aromatic N) is 1. The largest absolute Gasteiger partial charge is 0.493 e. The Hall–Kier alpha value is -3.32. The number of hydrazone groups is 1. The van der Waals surface area contributed by atoms with Gasteiger partial charge in [-0.3, -0.25) is 4.79 Å². The Morgan fingerprint density at radius 1 is 0.969 bits per heavy atom. The molecule has 3 rings (SSSR count). The maximum Gasteiger partial charge on any atom is 0.277 e. The number of halogens is 1. The van der Waals surface area contributed by atoms with Crippen molar-refractivity contribution in [2.24, 2.45) is 5.10 Å². The van der Waals surface area contributed by atoms with E-state index >= 15 is 0 Å². The SMILES string of the molecule is COc1cccc(/C=N\NC(=O)COc2c(C)cccc2C)c1OCc1ccc(Br)cc1. The van der Waals surface area contributed by atoms with Crippen molar-refractivity contribution in [3.8, 4) is 17.2 Å². The first kappa shape index (κ1) is 23.3. The summed E-state index contributed by atoms with van der Waals surface area (Å²) in [5, 5.41) is 4.06. The van der Waals surface area contributed by atoms with Crippen LogP contribution in [0.5, 0.6) is 17.2 Å². The number of rotatable bonds is 9. The van der Waals surface area contributed by atoms with Crippen molar-refractivity contribution in [2.75, 3.05) is 13.7 Å². The van der Waals surface area contributed by atoms with Gasteiger partial charge in [-0.25, -0.2) is 5.43 Å². The van der Waals surface area contributed by atoms with Gasteiger partial charge in [-0.15, -0.1) is 0 Å². The second-order valence-corrected chi connectivity index (χ2v) is 8.01. The summed E-state index contributed by atoms with van der Waals surface area (Å²) in [5.41, 5.74) is 6.13. The van der Waals surface area contributed by atoms with E-state index in [0.717, 1.165) is 21.2 Å². The molecule has 0 spiro atoms. The molecule has 166 valence electrons. The van der Waals surface area contributed by atoms with E-state index in [-0.39, 0.29) is 12.5 Å². The second kappa shape index (κ2) is 11.3. The number of nitrogens with one attached hydrogen (secondary N) is 1. The van der Waals surface area contributed by atoms with Crippen LogP contribution in [0.1, 0.15) is 22.3 Å². The number of benzene rings is 3. The van der Waals surface area contributed by atoms with Gasteiger partial charge < -0.3 is 14.2 Å². The fourth-order valence-electron chi connectivity index (χ4n) is 3.06. The molecule has 0 saturated carbocycles. The van der Waals surface area contributed by atoms with Crippen molar-refractivity contribution in [3.63, 3.8) is 0 Å². The van der Waals surface area contributed by atoms with Gasteiger partial charge in [-0.2, -0.15) is 5.10 Å². The Balaban J connectivity index is 1.63. The molecule has 0 bridgehead atoms. The predicted octanol–water partition coefficient (Wildman–Crippen LogP) is 5.18. The first-order valence-electron chi connectivity index (χ1n) is 10.0. The Labute approximate surface area is 196 Å². The lowest BCUT2D eigenvalue weighted by Gasteiger charge is -2.13. The lowest BCUT2D eigenvalue weighted by atomic mass is 10.1. The average molecular weight is 497 g/mol. The summed E-state index contributed by atoms with van der Waals surface area (Å²) in [4.78, 5) is 12.2. The van der Waals surface area contributed by atoms with Gasteiger partial charge in [0.05, 0.1) is 13.3 Å². The number of hydrogen-bond donors (Lipinski definition) is 1. The minimum Gasteiger partial charge on any atom is -0.493 e. The molecule has 0 atom stereocenters. The Morgan fingerprint density at radius 3 is 2.34 bits per heavy atom. The summed E-state index contributed by atoms with van der Waals surface area (Å²) in [6, 6.07) is 19.2. The molecule has 1 amide bonds. The quantitative estimate of drug-likeness (QED) is 0.327. The number of hydrogen-bond acceptors (Lipinski definition) is 5. The topological polar surface area (TPSA) is 69.2 Å². The van der Waals surface area contributed by atoms with Crippen LogP contribution in [0.4, 0.5) is 0 Å². The summed E-state index contributed by atoms with van der Waals surface area (Å²) < 4.78 is 18.1. The molecular formula is C25H25BrN2O4. The Bertz CT molecular complexity index is 1080. The molecule has 6 nitrogen and oxygen atoms in total. The van der Waals surface area contributed by atoms with Gasteiger partial charge in [0.25, 0.3) is 5.91 Å². The molecule has 7 heteroatoms. The lowest BCUT2D eigenvalue weighted by Crippen LogP contribution is -2.25. The molecule has 0 aliphatic rings. The van der Waals surface area contributed by atoms with E-state index < -0.39 is 0 Å². The maximum absolute atomic E-state index is 12.2. The Morgan fingerprint density at radius 2 is 1.66 bits per heavy atom. The number of carbonyl (C=O) groups excluding carboxylic acids is 1. The van der Waals surface area contributed by atoms with Crippen LogP contribution in [0.25, 0.3) is 0 Å². The number of amides is 1. The number of methoxy groups -OCH3 is 1. The highest BCUT2D eigenvalue weighted by molar-refractivity contribution is 9.10. The van der Waals surface area contributed by atoms with E-state index in [4.69, 9.17) is 14.2 Å². The van der Waals surface area contributed by atoms with Crippen LogP contribution in [0.15, 0.2) is 70.2 Å². The second-order valence-electron chi connectivity index (χ2n) is 7.10. The zero-order chi connectivity index (χ0) is 22.9. The zero-order valence-electron chi connectivity index (χ0n) is 18.2. The molecule has 0 heterocycles. The van der Waals surface area contributed by atoms with Gasteiger partial charge in [0.1, 0.15) is 12.4 Å². The van der Waals surface area contributed by atoms with Crippen LogP contribution in [-0.4, -0.2) is 25.8 Å². The summed E-state index contributed by atoms with van der Waals surface area (Å²) in [6.07, 6.45) is 1.52. The fraction of sp³-hybridized carbons (Fsp3) is 0.200. The number of carbonyl (C=O) groups is 1. The zero-order valence-corrected chi connectivity index (χ0v) is 19.8. The maximum atomic E-state index is 12.2. The van der Waals surface area contributed by atoms with Crippen molar-refractivity contribution in [2.45, 2.75) is 20.5 Å². The summed E-state index contributed by atoms with van der Waals surface area (Å²) >= 11 is 3.43. The van der Waals surface area contributed by atoms with Crippen molar-refractivity contribution >= 4 is 28.1 Å². The van der Waals surface area contributed by atoms with E-state index in [9.17, 15) is 4.79 Å². The van der Waals surface area contributed by atoms with Crippen molar-refractivity contribution < 1.29 is 19.0 Å². The van der Waals surface area contributed by atoms with Gasteiger partial charge in [-0.05, 0) is 54.8 Å². The first-order valence-corrected chi connectivity index (χ1v) is 10.8. The normalized spacial score (nSPS) is 10.8. The molecule has 3 aromatic carbocycles. The number of para-hydroxylation sites is 2. The molecule has 0 fully saturated rings. The molecule has 0 aliphatic heterocycles. The highest BCUT2D eigenvalue weighted by Gasteiger charge is 2.11. The van der Waals surface area contributed by atoms with Crippen LogP contribution < -0.4 is 19.6 Å². The van der Waals surface area contributed by atoms with E-state index in [1.54, 1.807) is 7.11 Å². The first-order chi connectivity index (χ1) is 15.5. The van der Waals surface area contributed by atoms with Crippen LogP contribution in [-0.2, 0) is 11.4 Å². The third kappa shape index (κ3) is 6.34. The highest BCUT2D eigenvalue weighted by Crippen LogP contribution is 2.31. The van der Waals surface area contributed by atoms with Crippen molar-refractivity contribution in [1.82, 2.24) is 5.43 Å². The van der Waals surface area contributed by atoms with Gasteiger partial charge >= 0.3 is 0 Å². The van der Waals surface area contributed by atoms with Gasteiger partial charge in [0.2, 0.25) is 0 Å². The third-order valence-corrected chi connectivity index (χ3v) is 5.20. The molecule has 32 heavy (non-hydrogen) atoms. The van der Waals surface area contributed by atoms with E-state index in [2.05, 4.69) is 26.5 Å². The summed E-state index contributed by atoms with van der Waals surface area (Å²) in [7, 11) is 1.58. The molecule has 0 saturated heterocycles. The van der Waals surface area contributed by atoms with Crippen LogP contribution >= 0.6 is 15.9 Å². The minimum atomic E-state index is -0.357. The van der Waals surface area contributed by atoms with Crippen molar-refractivity contribution in [1.29, 1.82) is 0 Å². The molecule has 1 N–H and O–H groups in total. The molecular weight excluding hydrogens is 472 g/mol. The standard InChI is InChI=1S/C25H25BrN2O4/c1-17-6-4-7-18(2)24(17)32-16-23(29)28-27-14-20-8-5-9-22(30-3)25(20)31-15-19-10-12-21(26)13-11-19/h4-14H,15-16H2,1-3H3,(H,28,29)/b27-14-. The number of aryl methyl sites for hydroxylation is 2.